The number of aliphatic carboxylic acids is 1. The van der Waals surface area contributed by atoms with Crippen molar-refractivity contribution in [3.05, 3.63) is 0 Å². The second kappa shape index (κ2) is 7.33. The van der Waals surface area contributed by atoms with Crippen LogP contribution < -0.4 is 0 Å². The number of hydrogen-bond donors (Lipinski definition) is 1. The minimum absolute atomic E-state index is 0.0858. The summed E-state index contributed by atoms with van der Waals surface area (Å²) in [5.41, 5.74) is 0. The van der Waals surface area contributed by atoms with Crippen molar-refractivity contribution in [2.75, 3.05) is 32.8 Å². The zero-order chi connectivity index (χ0) is 14.4. The van der Waals surface area contributed by atoms with Crippen molar-refractivity contribution in [1.82, 2.24) is 9.80 Å². The molecule has 1 aliphatic heterocycles. The number of urea groups is 1. The van der Waals surface area contributed by atoms with Crippen LogP contribution in [0.25, 0.3) is 0 Å². The van der Waals surface area contributed by atoms with Gasteiger partial charge in [0.2, 0.25) is 0 Å². The first-order valence-electron chi connectivity index (χ1n) is 6.87. The number of carbonyl (C=O) groups excluding carboxylic acids is 1. The van der Waals surface area contributed by atoms with Gasteiger partial charge in [-0.15, -0.1) is 0 Å². The van der Waals surface area contributed by atoms with Crippen molar-refractivity contribution in [2.45, 2.75) is 33.3 Å². The fourth-order valence-electron chi connectivity index (χ4n) is 2.02. The van der Waals surface area contributed by atoms with Gasteiger partial charge in [0, 0.05) is 19.6 Å². The minimum atomic E-state index is -1.01. The first kappa shape index (κ1) is 15.8. The van der Waals surface area contributed by atoms with Crippen LogP contribution in [0, 0.1) is 5.92 Å². The van der Waals surface area contributed by atoms with Crippen molar-refractivity contribution in [3.63, 3.8) is 0 Å². The summed E-state index contributed by atoms with van der Waals surface area (Å²) in [6.07, 6.45) is 0.116. The van der Waals surface area contributed by atoms with Gasteiger partial charge in [0.15, 0.2) is 6.10 Å². The predicted molar refractivity (Wildman–Crippen MR) is 71.0 cm³/mol. The van der Waals surface area contributed by atoms with E-state index in [0.717, 1.165) is 6.42 Å². The van der Waals surface area contributed by atoms with Crippen LogP contribution in [0.4, 0.5) is 4.79 Å². The Hall–Kier alpha value is -1.30. The summed E-state index contributed by atoms with van der Waals surface area (Å²) in [6, 6.07) is -0.0858. The number of amides is 2. The topological polar surface area (TPSA) is 70.1 Å². The molecule has 0 aliphatic carbocycles. The van der Waals surface area contributed by atoms with Gasteiger partial charge >= 0.3 is 12.0 Å². The van der Waals surface area contributed by atoms with Crippen molar-refractivity contribution in [2.24, 2.45) is 5.92 Å². The lowest BCUT2D eigenvalue weighted by Gasteiger charge is -2.35. The second-order valence-corrected chi connectivity index (χ2v) is 4.98. The molecular weight excluding hydrogens is 248 g/mol. The lowest BCUT2D eigenvalue weighted by Crippen LogP contribution is -2.53. The SMILES string of the molecule is CCC(C)CN(CC)C(=O)N1CCOC(C(=O)O)C1. The standard InChI is InChI=1S/C13H24N2O4/c1-4-10(3)8-14(5-2)13(18)15-6-7-19-11(9-15)12(16)17/h10-11H,4-9H2,1-3H3,(H,16,17). The average molecular weight is 272 g/mol. The summed E-state index contributed by atoms with van der Waals surface area (Å²) in [6.45, 7) is 8.36. The fraction of sp³-hybridized carbons (Fsp3) is 0.846. The van der Waals surface area contributed by atoms with E-state index in [9.17, 15) is 9.59 Å². The van der Waals surface area contributed by atoms with Crippen molar-refractivity contribution in [1.29, 1.82) is 0 Å². The van der Waals surface area contributed by atoms with Crippen molar-refractivity contribution < 1.29 is 19.4 Å². The number of carbonyl (C=O) groups is 2. The number of morpholine rings is 1. The van der Waals surface area contributed by atoms with E-state index in [-0.39, 0.29) is 19.2 Å². The predicted octanol–water partition coefficient (Wildman–Crippen LogP) is 1.26. The molecule has 110 valence electrons. The Kier molecular flexibility index (Phi) is 6.08. The molecule has 2 unspecified atom stereocenters. The van der Waals surface area contributed by atoms with Gasteiger partial charge in [-0.2, -0.15) is 0 Å². The van der Waals surface area contributed by atoms with Crippen LogP contribution in [-0.2, 0) is 9.53 Å². The smallest absolute Gasteiger partial charge is 0.334 e. The van der Waals surface area contributed by atoms with E-state index in [4.69, 9.17) is 9.84 Å². The molecule has 6 nitrogen and oxygen atoms in total. The van der Waals surface area contributed by atoms with Gasteiger partial charge < -0.3 is 19.6 Å². The van der Waals surface area contributed by atoms with E-state index in [0.29, 0.717) is 25.6 Å². The normalized spacial score (nSPS) is 21.0. The minimum Gasteiger partial charge on any atom is -0.479 e. The zero-order valence-electron chi connectivity index (χ0n) is 12.0. The second-order valence-electron chi connectivity index (χ2n) is 4.98. The highest BCUT2D eigenvalue weighted by atomic mass is 16.5. The van der Waals surface area contributed by atoms with E-state index in [1.807, 2.05) is 6.92 Å². The number of carboxylic acids is 1. The molecule has 0 aromatic carbocycles. The van der Waals surface area contributed by atoms with E-state index >= 15 is 0 Å². The molecule has 1 saturated heterocycles. The monoisotopic (exact) mass is 272 g/mol. The summed E-state index contributed by atoms with van der Waals surface area (Å²) < 4.78 is 5.12. The number of hydrogen-bond acceptors (Lipinski definition) is 3. The average Bonchev–Trinajstić information content (AvgIpc) is 2.43. The molecule has 0 aromatic heterocycles. The van der Waals surface area contributed by atoms with E-state index in [1.54, 1.807) is 9.80 Å². The molecule has 0 radical (unpaired) electrons. The number of carboxylic acid groups (broad SMARTS) is 1. The molecule has 19 heavy (non-hydrogen) atoms. The summed E-state index contributed by atoms with van der Waals surface area (Å²) in [5, 5.41) is 8.94. The largest absolute Gasteiger partial charge is 0.479 e. The van der Waals surface area contributed by atoms with Gasteiger partial charge in [-0.25, -0.2) is 9.59 Å². The quantitative estimate of drug-likeness (QED) is 0.818. The van der Waals surface area contributed by atoms with Crippen LogP contribution in [0.3, 0.4) is 0 Å². The molecule has 1 N–H and O–H groups in total. The molecule has 0 aromatic rings. The van der Waals surface area contributed by atoms with Crippen LogP contribution in [0.1, 0.15) is 27.2 Å². The molecular formula is C13H24N2O4. The lowest BCUT2D eigenvalue weighted by atomic mass is 10.1. The van der Waals surface area contributed by atoms with Crippen molar-refractivity contribution >= 4 is 12.0 Å². The lowest BCUT2D eigenvalue weighted by molar-refractivity contribution is -0.154. The molecule has 6 heteroatoms. The zero-order valence-corrected chi connectivity index (χ0v) is 12.0. The molecule has 2 atom stereocenters. The third-order valence-electron chi connectivity index (χ3n) is 3.49. The number of rotatable bonds is 5. The Morgan fingerprint density at radius 3 is 2.68 bits per heavy atom. The van der Waals surface area contributed by atoms with Gasteiger partial charge in [0.05, 0.1) is 13.2 Å². The Balaban J connectivity index is 2.61. The highest BCUT2D eigenvalue weighted by Gasteiger charge is 2.31. The maximum Gasteiger partial charge on any atom is 0.334 e. The summed E-state index contributed by atoms with van der Waals surface area (Å²) in [7, 11) is 0. The van der Waals surface area contributed by atoms with Crippen LogP contribution >= 0.6 is 0 Å². The maximum atomic E-state index is 12.4. The Morgan fingerprint density at radius 2 is 2.16 bits per heavy atom. The Bertz CT molecular complexity index is 322. The summed E-state index contributed by atoms with van der Waals surface area (Å²) in [5.74, 6) is -0.567. The van der Waals surface area contributed by atoms with Gasteiger partial charge in [0.25, 0.3) is 0 Å². The number of ether oxygens (including phenoxy) is 1. The molecule has 1 heterocycles. The molecule has 0 saturated carbocycles. The highest BCUT2D eigenvalue weighted by Crippen LogP contribution is 2.11. The molecule has 1 aliphatic rings. The summed E-state index contributed by atoms with van der Waals surface area (Å²) >= 11 is 0. The fourth-order valence-corrected chi connectivity index (χ4v) is 2.02. The van der Waals surface area contributed by atoms with Gasteiger partial charge in [0.1, 0.15) is 0 Å². The molecule has 1 rings (SSSR count). The molecule has 2 amide bonds. The molecule has 0 bridgehead atoms. The highest BCUT2D eigenvalue weighted by molar-refractivity contribution is 5.77. The molecule has 0 spiro atoms. The van der Waals surface area contributed by atoms with Gasteiger partial charge in [-0.05, 0) is 12.8 Å². The third kappa shape index (κ3) is 4.38. The van der Waals surface area contributed by atoms with Crippen molar-refractivity contribution in [3.8, 4) is 0 Å². The Labute approximate surface area is 114 Å². The van der Waals surface area contributed by atoms with E-state index in [2.05, 4.69) is 13.8 Å². The van der Waals surface area contributed by atoms with Gasteiger partial charge in [-0.3, -0.25) is 0 Å². The van der Waals surface area contributed by atoms with Crippen LogP contribution in [0.2, 0.25) is 0 Å². The van der Waals surface area contributed by atoms with Crippen LogP contribution in [0.5, 0.6) is 0 Å². The Morgan fingerprint density at radius 1 is 1.47 bits per heavy atom. The maximum absolute atomic E-state index is 12.4. The first-order valence-corrected chi connectivity index (χ1v) is 6.87. The van der Waals surface area contributed by atoms with Crippen LogP contribution in [-0.4, -0.2) is 65.8 Å². The number of nitrogens with zero attached hydrogens (tertiary/aromatic N) is 2. The molecule has 1 fully saturated rings. The summed E-state index contributed by atoms with van der Waals surface area (Å²) in [4.78, 5) is 26.6. The van der Waals surface area contributed by atoms with E-state index < -0.39 is 12.1 Å². The first-order chi connectivity index (χ1) is 8.99. The third-order valence-corrected chi connectivity index (χ3v) is 3.49. The van der Waals surface area contributed by atoms with E-state index in [1.165, 1.54) is 0 Å². The van der Waals surface area contributed by atoms with Crippen LogP contribution in [0.15, 0.2) is 0 Å². The van der Waals surface area contributed by atoms with Gasteiger partial charge in [-0.1, -0.05) is 20.3 Å².